The quantitative estimate of drug-likeness (QED) is 0.0217. The summed E-state index contributed by atoms with van der Waals surface area (Å²) in [6.45, 7) is 1.40. The molecule has 8 atom stereocenters. The molecule has 25 nitrogen and oxygen atoms in total. The maximum absolute atomic E-state index is 14.2. The number of aliphatic hydroxyl groups is 2. The van der Waals surface area contributed by atoms with Gasteiger partial charge in [0.25, 0.3) is 5.91 Å². The topological polar surface area (TPSA) is 370 Å². The predicted octanol–water partition coefficient (Wildman–Crippen LogP) is -3.74. The average Bonchev–Trinajstić information content (AvgIpc) is 3.82. The van der Waals surface area contributed by atoms with E-state index in [1.54, 1.807) is 14.2 Å². The Morgan fingerprint density at radius 1 is 0.882 bits per heavy atom. The molecule has 68 heavy (non-hydrogen) atoms. The molecule has 1 saturated heterocycles. The highest BCUT2D eigenvalue weighted by Crippen LogP contribution is 2.66. The second-order valence-corrected chi connectivity index (χ2v) is 19.2. The molecule has 4 aliphatic rings. The first-order valence-electron chi connectivity index (χ1n) is 21.6. The number of nitrogens with one attached hydrogen (secondary N) is 7. The number of ether oxygens (including phenoxy) is 2. The fourth-order valence-corrected chi connectivity index (χ4v) is 11.6. The number of nitrogens with zero attached hydrogens (tertiary/aromatic N) is 2. The molecule has 7 amide bonds. The van der Waals surface area contributed by atoms with E-state index in [9.17, 15) is 58.5 Å². The fourth-order valence-electron chi connectivity index (χ4n) is 9.87. The molecule has 0 radical (unpaired) electrons. The van der Waals surface area contributed by atoms with E-state index in [0.717, 1.165) is 11.3 Å². The number of aliphatic hydroxyl groups excluding tert-OH is 1. The summed E-state index contributed by atoms with van der Waals surface area (Å²) in [5, 5.41) is 54.2. The van der Waals surface area contributed by atoms with Gasteiger partial charge in [-0.1, -0.05) is 46.7 Å². The Morgan fingerprint density at radius 2 is 1.51 bits per heavy atom. The van der Waals surface area contributed by atoms with Crippen molar-refractivity contribution in [2.45, 2.75) is 73.9 Å². The Bertz CT molecular complexity index is 2150. The minimum atomic E-state index is -2.40. The number of benzene rings is 1. The molecule has 0 aromatic heterocycles. The van der Waals surface area contributed by atoms with Crippen LogP contribution in [0.1, 0.15) is 38.2 Å². The van der Waals surface area contributed by atoms with Crippen LogP contribution in [-0.4, -0.2) is 186 Å². The standard InChI is InChI=1S/C41H58N10O15S2/c1-4-39-8-5-11-51-12-9-40(34(39)51)23-7-6-22(65-3)16-26(23)50(2)35(40)41(64,36(39)61)37(62)48-49-38(63)66-13-15-68-67-14-10-43-28(53)20-44-33(60)25(18-31(57)58)47-29(54)21-45-32(59)24(17-30(55)56)46-27(52)19-42/h5-8,16,24-25,34-36,61,64H,4,9-15,17-21,42H2,1-3H3,(H,43,53)(H,44,60)(H,45,59)(H,46,52)(H,47,54)(H,48,62)(H,49,63)(H,55,56)(H,57,58)/t24-,25-,34?,35+,36+,39+,40+,41-/m0/s1. The van der Waals surface area contributed by atoms with Gasteiger partial charge in [0.05, 0.1) is 45.6 Å². The Kier molecular flexibility index (Phi) is 17.9. The molecule has 5 rings (SSSR count). The first-order chi connectivity index (χ1) is 32.3. The number of carboxylic acids is 2. The van der Waals surface area contributed by atoms with Crippen molar-refractivity contribution in [2.75, 3.05) is 76.4 Å². The highest BCUT2D eigenvalue weighted by atomic mass is 33.1. The lowest BCUT2D eigenvalue weighted by atomic mass is 9.47. The number of hydrazine groups is 1. The fraction of sp³-hybridized carbons (Fsp3) is 0.585. The molecule has 374 valence electrons. The minimum absolute atomic E-state index is 0.0871. The van der Waals surface area contributed by atoms with Crippen LogP contribution >= 0.6 is 21.6 Å². The van der Waals surface area contributed by atoms with E-state index >= 15 is 0 Å². The summed E-state index contributed by atoms with van der Waals surface area (Å²) in [4.78, 5) is 115. The third-order valence-electron chi connectivity index (χ3n) is 12.6. The zero-order valence-corrected chi connectivity index (χ0v) is 39.2. The number of carbonyl (C=O) groups excluding carboxylic acids is 7. The van der Waals surface area contributed by atoms with Crippen molar-refractivity contribution >= 4 is 80.8 Å². The summed E-state index contributed by atoms with van der Waals surface area (Å²) in [6.07, 6.45) is 0.661. The molecule has 1 aromatic rings. The molecule has 3 aliphatic heterocycles. The molecule has 1 aromatic carbocycles. The summed E-state index contributed by atoms with van der Waals surface area (Å²) in [7, 11) is 5.95. The number of aliphatic carboxylic acids is 2. The number of fused-ring (bicyclic) bond motifs is 1. The number of amides is 7. The Balaban J connectivity index is 1.02. The van der Waals surface area contributed by atoms with Crippen LogP contribution in [0, 0.1) is 5.41 Å². The van der Waals surface area contributed by atoms with Gasteiger partial charge in [0.2, 0.25) is 29.5 Å². The molecule has 13 N–H and O–H groups in total. The average molecular weight is 995 g/mol. The molecule has 27 heteroatoms. The Morgan fingerprint density at radius 3 is 2.13 bits per heavy atom. The molecule has 1 unspecified atom stereocenters. The molecule has 0 bridgehead atoms. The van der Waals surface area contributed by atoms with E-state index < -0.39 is 127 Å². The second-order valence-electron chi connectivity index (χ2n) is 16.5. The summed E-state index contributed by atoms with van der Waals surface area (Å²) >= 11 is 0. The van der Waals surface area contributed by atoms with Gasteiger partial charge in [-0.2, -0.15) is 0 Å². The lowest BCUT2D eigenvalue weighted by Gasteiger charge is -2.63. The number of carboxylic acid groups (broad SMARTS) is 2. The number of hydrogen-bond acceptors (Lipinski definition) is 18. The highest BCUT2D eigenvalue weighted by molar-refractivity contribution is 8.76. The maximum atomic E-state index is 14.2. The van der Waals surface area contributed by atoms with Gasteiger partial charge in [0.15, 0.2) is 5.60 Å². The van der Waals surface area contributed by atoms with Crippen LogP contribution in [0.3, 0.4) is 0 Å². The normalized spacial score (nSPS) is 25.0. The largest absolute Gasteiger partial charge is 0.497 e. The lowest BCUT2D eigenvalue weighted by molar-refractivity contribution is -0.204. The maximum Gasteiger partial charge on any atom is 0.426 e. The summed E-state index contributed by atoms with van der Waals surface area (Å²) in [5.74, 6) is -7.21. The first-order valence-corrected chi connectivity index (χ1v) is 24.0. The summed E-state index contributed by atoms with van der Waals surface area (Å²) in [6, 6.07) is 1.32. The highest BCUT2D eigenvalue weighted by Gasteiger charge is 2.78. The smallest absolute Gasteiger partial charge is 0.426 e. The van der Waals surface area contributed by atoms with Gasteiger partial charge < -0.3 is 67.1 Å². The van der Waals surface area contributed by atoms with Crippen LogP contribution in [0.15, 0.2) is 30.4 Å². The van der Waals surface area contributed by atoms with Crippen molar-refractivity contribution in [1.29, 1.82) is 0 Å². The zero-order chi connectivity index (χ0) is 50.0. The van der Waals surface area contributed by atoms with E-state index in [2.05, 4.69) is 42.3 Å². The lowest BCUT2D eigenvalue weighted by Crippen LogP contribution is -2.82. The van der Waals surface area contributed by atoms with Crippen molar-refractivity contribution in [3.05, 3.63) is 35.9 Å². The van der Waals surface area contributed by atoms with Crippen LogP contribution in [0.25, 0.3) is 0 Å². The number of methoxy groups -OCH3 is 1. The van der Waals surface area contributed by atoms with Gasteiger partial charge in [0.1, 0.15) is 30.5 Å². The summed E-state index contributed by atoms with van der Waals surface area (Å²) in [5.41, 5.74) is 7.25. The number of carbonyl (C=O) groups is 9. The van der Waals surface area contributed by atoms with Crippen molar-refractivity contribution in [1.82, 2.24) is 42.3 Å². The Hall–Kier alpha value is -5.87. The summed E-state index contributed by atoms with van der Waals surface area (Å²) < 4.78 is 10.7. The van der Waals surface area contributed by atoms with Crippen molar-refractivity contribution in [3.63, 3.8) is 0 Å². The zero-order valence-electron chi connectivity index (χ0n) is 37.5. The van der Waals surface area contributed by atoms with Crippen LogP contribution in [0.5, 0.6) is 5.75 Å². The predicted molar refractivity (Wildman–Crippen MR) is 244 cm³/mol. The SMILES string of the molecule is CC[C@]12C=CCN3CC[C@@]4(c5ccc(OC)cc5N(C)[C@H]4[C@@](O)(C(=O)NNC(=O)OCCSSCCNC(=O)CNC(=O)[C@H](CC(=O)O)NC(=O)CNC(=O)[C@H](CC(=O)O)NC(=O)CN)[C@@H]1O)C32. The molecule has 1 saturated carbocycles. The van der Waals surface area contributed by atoms with Crippen LogP contribution in [0.2, 0.25) is 0 Å². The van der Waals surface area contributed by atoms with Gasteiger partial charge in [-0.3, -0.25) is 48.7 Å². The third kappa shape index (κ3) is 11.2. The van der Waals surface area contributed by atoms with Crippen molar-refractivity contribution in [2.24, 2.45) is 11.1 Å². The molecule has 2 fully saturated rings. The van der Waals surface area contributed by atoms with Gasteiger partial charge >= 0.3 is 18.0 Å². The van der Waals surface area contributed by atoms with Crippen LogP contribution in [-0.2, 0) is 48.5 Å². The van der Waals surface area contributed by atoms with Crippen LogP contribution in [0.4, 0.5) is 10.5 Å². The van der Waals surface area contributed by atoms with Crippen molar-refractivity contribution in [3.8, 4) is 5.75 Å². The number of anilines is 1. The molecular formula is C41H58N10O15S2. The first kappa shape index (κ1) is 53.1. The molecule has 3 heterocycles. The van der Waals surface area contributed by atoms with Gasteiger partial charge in [-0.25, -0.2) is 10.2 Å². The monoisotopic (exact) mass is 994 g/mol. The minimum Gasteiger partial charge on any atom is -0.497 e. The van der Waals surface area contributed by atoms with E-state index in [4.69, 9.17) is 20.3 Å². The molecular weight excluding hydrogens is 937 g/mol. The van der Waals surface area contributed by atoms with E-state index in [1.807, 2.05) is 42.2 Å². The van der Waals surface area contributed by atoms with Crippen LogP contribution < -0.4 is 52.8 Å². The number of hydrogen-bond donors (Lipinski definition) is 12. The number of nitrogens with two attached hydrogens (primary N) is 1. The van der Waals surface area contributed by atoms with Gasteiger partial charge in [-0.05, 0) is 31.0 Å². The number of rotatable bonds is 23. The molecule has 1 aliphatic carbocycles. The third-order valence-corrected chi connectivity index (χ3v) is 15.0. The van der Waals surface area contributed by atoms with E-state index in [0.29, 0.717) is 43.2 Å². The van der Waals surface area contributed by atoms with Gasteiger partial charge in [0, 0.05) is 60.3 Å². The second kappa shape index (κ2) is 23.0. The van der Waals surface area contributed by atoms with E-state index in [-0.39, 0.29) is 19.2 Å². The molecule has 1 spiro atoms. The van der Waals surface area contributed by atoms with Gasteiger partial charge in [-0.15, -0.1) is 0 Å². The number of likely N-dealkylation sites (N-methyl/N-ethyl adjacent to an activating group) is 1. The van der Waals surface area contributed by atoms with E-state index in [1.165, 1.54) is 21.6 Å². The Labute approximate surface area is 398 Å². The van der Waals surface area contributed by atoms with Crippen molar-refractivity contribution < 1.29 is 73.1 Å².